The Labute approximate surface area is 166 Å². The van der Waals surface area contributed by atoms with Gasteiger partial charge in [-0.1, -0.05) is 12.1 Å². The van der Waals surface area contributed by atoms with Gasteiger partial charge in [-0.2, -0.15) is 10.1 Å². The van der Waals surface area contributed by atoms with Crippen molar-refractivity contribution in [1.29, 1.82) is 0 Å². The zero-order valence-corrected chi connectivity index (χ0v) is 16.5. The van der Waals surface area contributed by atoms with E-state index in [1.165, 1.54) is 12.1 Å². The number of aromatic nitrogens is 4. The summed E-state index contributed by atoms with van der Waals surface area (Å²) >= 11 is 0. The van der Waals surface area contributed by atoms with Gasteiger partial charge in [-0.25, -0.2) is 9.07 Å². The molecule has 0 spiro atoms. The summed E-state index contributed by atoms with van der Waals surface area (Å²) in [6, 6.07) is 5.92. The lowest BCUT2D eigenvalue weighted by Gasteiger charge is -2.20. The van der Waals surface area contributed by atoms with Gasteiger partial charge in [0, 0.05) is 19.4 Å². The monoisotopic (exact) mass is 399 g/mol. The number of hydrogen-bond donors (Lipinski definition) is 1. The molecule has 152 valence electrons. The molecule has 1 aromatic carbocycles. The number of carbonyl (C=O) groups excluding carboxylic acids is 1. The van der Waals surface area contributed by atoms with Crippen LogP contribution in [-0.4, -0.2) is 48.9 Å². The SMILES string of the molecule is CCc1noc([C@]2(O)CCN(C(=O)c3c(C)nn(-c4ccc(F)cc4)c3C)C2)n1. The number of likely N-dealkylation sites (tertiary alicyclic amines) is 1. The van der Waals surface area contributed by atoms with Crippen LogP contribution in [-0.2, 0) is 12.0 Å². The highest BCUT2D eigenvalue weighted by Gasteiger charge is 2.45. The summed E-state index contributed by atoms with van der Waals surface area (Å²) in [5.41, 5.74) is 1.00. The van der Waals surface area contributed by atoms with Gasteiger partial charge in [0.2, 0.25) is 0 Å². The van der Waals surface area contributed by atoms with E-state index in [1.54, 1.807) is 35.6 Å². The molecule has 1 aliphatic heterocycles. The molecule has 1 atom stereocenters. The van der Waals surface area contributed by atoms with Gasteiger partial charge in [-0.3, -0.25) is 4.79 Å². The van der Waals surface area contributed by atoms with E-state index in [4.69, 9.17) is 4.52 Å². The third-order valence-electron chi connectivity index (χ3n) is 5.29. The number of aliphatic hydroxyl groups is 1. The Hall–Kier alpha value is -3.07. The first kappa shape index (κ1) is 19.3. The molecule has 0 saturated carbocycles. The molecule has 0 unspecified atom stereocenters. The zero-order valence-electron chi connectivity index (χ0n) is 16.5. The van der Waals surface area contributed by atoms with Crippen LogP contribution in [0.15, 0.2) is 28.8 Å². The summed E-state index contributed by atoms with van der Waals surface area (Å²) < 4.78 is 20.0. The predicted octanol–water partition coefficient (Wildman–Crippen LogP) is 2.31. The van der Waals surface area contributed by atoms with Crippen molar-refractivity contribution in [2.75, 3.05) is 13.1 Å². The maximum Gasteiger partial charge on any atom is 0.260 e. The van der Waals surface area contributed by atoms with Gasteiger partial charge in [0.05, 0.1) is 29.2 Å². The predicted molar refractivity (Wildman–Crippen MR) is 101 cm³/mol. The van der Waals surface area contributed by atoms with E-state index in [0.717, 1.165) is 0 Å². The molecule has 1 N–H and O–H groups in total. The summed E-state index contributed by atoms with van der Waals surface area (Å²) in [7, 11) is 0. The molecule has 8 nitrogen and oxygen atoms in total. The Morgan fingerprint density at radius 2 is 2.03 bits per heavy atom. The van der Waals surface area contributed by atoms with Crippen LogP contribution >= 0.6 is 0 Å². The van der Waals surface area contributed by atoms with Crippen LogP contribution in [0.4, 0.5) is 4.39 Å². The van der Waals surface area contributed by atoms with Gasteiger partial charge >= 0.3 is 0 Å². The van der Waals surface area contributed by atoms with Crippen molar-refractivity contribution in [3.8, 4) is 5.69 Å². The molecule has 4 rings (SSSR count). The number of β-amino-alcohol motifs (C(OH)–C–C–N with tert-alkyl or cyclic N) is 1. The Bertz CT molecular complexity index is 1060. The van der Waals surface area contributed by atoms with Crippen LogP contribution in [0.1, 0.15) is 46.8 Å². The smallest absolute Gasteiger partial charge is 0.260 e. The van der Waals surface area contributed by atoms with Gasteiger partial charge in [-0.05, 0) is 38.1 Å². The second kappa shape index (κ2) is 7.07. The van der Waals surface area contributed by atoms with Crippen molar-refractivity contribution in [2.24, 2.45) is 0 Å². The van der Waals surface area contributed by atoms with Gasteiger partial charge in [0.15, 0.2) is 11.4 Å². The highest BCUT2D eigenvalue weighted by molar-refractivity contribution is 5.96. The van der Waals surface area contributed by atoms with E-state index in [9.17, 15) is 14.3 Å². The average Bonchev–Trinajstić information content (AvgIpc) is 3.40. The summed E-state index contributed by atoms with van der Waals surface area (Å²) in [5, 5.41) is 19.2. The Morgan fingerprint density at radius 3 is 2.69 bits per heavy atom. The first-order chi connectivity index (χ1) is 13.8. The average molecular weight is 399 g/mol. The minimum atomic E-state index is -1.36. The number of aryl methyl sites for hydroxylation is 2. The first-order valence-corrected chi connectivity index (χ1v) is 9.49. The van der Waals surface area contributed by atoms with Crippen LogP contribution in [0.5, 0.6) is 0 Å². The molecule has 3 aromatic rings. The van der Waals surface area contributed by atoms with Crippen molar-refractivity contribution >= 4 is 5.91 Å². The van der Waals surface area contributed by atoms with Crippen LogP contribution in [0.2, 0.25) is 0 Å². The molecule has 29 heavy (non-hydrogen) atoms. The fourth-order valence-electron chi connectivity index (χ4n) is 3.67. The van der Waals surface area contributed by atoms with Crippen LogP contribution < -0.4 is 0 Å². The largest absolute Gasteiger partial charge is 0.378 e. The van der Waals surface area contributed by atoms with Gasteiger partial charge in [-0.15, -0.1) is 0 Å². The molecule has 1 amide bonds. The van der Waals surface area contributed by atoms with E-state index in [-0.39, 0.29) is 24.2 Å². The van der Waals surface area contributed by atoms with Crippen LogP contribution in [0, 0.1) is 19.7 Å². The van der Waals surface area contributed by atoms with E-state index in [2.05, 4.69) is 15.2 Å². The molecular formula is C20H22FN5O3. The van der Waals surface area contributed by atoms with E-state index in [0.29, 0.717) is 47.8 Å². The number of halogens is 1. The molecule has 1 fully saturated rings. The highest BCUT2D eigenvalue weighted by Crippen LogP contribution is 2.32. The number of rotatable bonds is 4. The second-order valence-corrected chi connectivity index (χ2v) is 7.31. The van der Waals surface area contributed by atoms with Gasteiger partial charge in [0.25, 0.3) is 11.8 Å². The number of benzene rings is 1. The van der Waals surface area contributed by atoms with E-state index < -0.39 is 5.60 Å². The Balaban J connectivity index is 1.60. The quantitative estimate of drug-likeness (QED) is 0.723. The minimum Gasteiger partial charge on any atom is -0.378 e. The minimum absolute atomic E-state index is 0.0673. The van der Waals surface area contributed by atoms with Crippen LogP contribution in [0.3, 0.4) is 0 Å². The molecular weight excluding hydrogens is 377 g/mol. The molecule has 3 heterocycles. The third kappa shape index (κ3) is 3.31. The number of carbonyl (C=O) groups is 1. The fourth-order valence-corrected chi connectivity index (χ4v) is 3.67. The molecule has 0 bridgehead atoms. The first-order valence-electron chi connectivity index (χ1n) is 9.49. The molecule has 1 saturated heterocycles. The van der Waals surface area contributed by atoms with Crippen molar-refractivity contribution in [2.45, 2.75) is 39.2 Å². The van der Waals surface area contributed by atoms with Crippen LogP contribution in [0.25, 0.3) is 5.69 Å². The second-order valence-electron chi connectivity index (χ2n) is 7.31. The molecule has 9 heteroatoms. The standard InChI is InChI=1S/C20H22FN5O3/c1-4-16-22-19(29-24-16)20(28)9-10-25(11-20)18(27)17-12(2)23-26(13(17)3)15-7-5-14(21)6-8-15/h5-8,28H,4,9-11H2,1-3H3/t20-/m0/s1. The lowest BCUT2D eigenvalue weighted by atomic mass is 10.0. The maximum atomic E-state index is 13.2. The summed E-state index contributed by atoms with van der Waals surface area (Å²) in [6.07, 6.45) is 0.914. The normalized spacial score (nSPS) is 19.1. The summed E-state index contributed by atoms with van der Waals surface area (Å²) in [6.45, 7) is 5.88. The number of hydrogen-bond acceptors (Lipinski definition) is 6. The topological polar surface area (TPSA) is 97.3 Å². The summed E-state index contributed by atoms with van der Waals surface area (Å²) in [5.74, 6) is 0.0975. The van der Waals surface area contributed by atoms with Crippen molar-refractivity contribution in [3.05, 3.63) is 58.7 Å². The third-order valence-corrected chi connectivity index (χ3v) is 5.29. The zero-order chi connectivity index (χ0) is 20.8. The maximum absolute atomic E-state index is 13.2. The lowest BCUT2D eigenvalue weighted by Crippen LogP contribution is -2.35. The molecule has 0 radical (unpaired) electrons. The lowest BCUT2D eigenvalue weighted by molar-refractivity contribution is 0.0136. The number of nitrogens with zero attached hydrogens (tertiary/aromatic N) is 5. The molecule has 2 aromatic heterocycles. The van der Waals surface area contributed by atoms with E-state index >= 15 is 0 Å². The molecule has 1 aliphatic rings. The summed E-state index contributed by atoms with van der Waals surface area (Å²) in [4.78, 5) is 19.0. The van der Waals surface area contributed by atoms with E-state index in [1.807, 2.05) is 6.92 Å². The fraction of sp³-hybridized carbons (Fsp3) is 0.400. The highest BCUT2D eigenvalue weighted by atomic mass is 19.1. The Morgan fingerprint density at radius 1 is 1.31 bits per heavy atom. The number of amides is 1. The van der Waals surface area contributed by atoms with Gasteiger partial charge in [0.1, 0.15) is 5.82 Å². The Kier molecular flexibility index (Phi) is 4.70. The van der Waals surface area contributed by atoms with Crippen molar-refractivity contribution in [1.82, 2.24) is 24.8 Å². The molecule has 0 aliphatic carbocycles. The van der Waals surface area contributed by atoms with Gasteiger partial charge < -0.3 is 14.5 Å². The van der Waals surface area contributed by atoms with Crippen molar-refractivity contribution in [3.63, 3.8) is 0 Å². The van der Waals surface area contributed by atoms with Crippen molar-refractivity contribution < 1.29 is 18.8 Å².